The summed E-state index contributed by atoms with van der Waals surface area (Å²) < 4.78 is 4.76. The van der Waals surface area contributed by atoms with Crippen LogP contribution in [0.5, 0.6) is 0 Å². The smallest absolute Gasteiger partial charge is 0.146 e. The SMILES string of the molecule is c1ccc(-n2c3ccccc3c3cc(-c4ccc5c(c4)c4c6ccccc6ccc4n5-c4nccc5c4-c4ccnc6cccc-5c46)ccc32)cc1. The number of benzene rings is 7. The maximum Gasteiger partial charge on any atom is 0.146 e. The van der Waals surface area contributed by atoms with Crippen molar-refractivity contribution in [3.05, 3.63) is 170 Å². The van der Waals surface area contributed by atoms with E-state index in [1.807, 2.05) is 12.4 Å². The minimum atomic E-state index is 0.944. The highest BCUT2D eigenvalue weighted by Crippen LogP contribution is 2.50. The average molecular weight is 661 g/mol. The van der Waals surface area contributed by atoms with Gasteiger partial charge in [0.25, 0.3) is 0 Å². The van der Waals surface area contributed by atoms with Crippen molar-refractivity contribution in [1.29, 1.82) is 0 Å². The quantitative estimate of drug-likeness (QED) is 0.189. The zero-order valence-corrected chi connectivity index (χ0v) is 28.0. The highest BCUT2D eigenvalue weighted by molar-refractivity contribution is 6.23. The summed E-state index contributed by atoms with van der Waals surface area (Å²) in [6.45, 7) is 0. The fourth-order valence-corrected chi connectivity index (χ4v) is 8.96. The van der Waals surface area contributed by atoms with E-state index >= 15 is 0 Å². The number of pyridine rings is 2. The Morgan fingerprint density at radius 3 is 1.96 bits per heavy atom. The lowest BCUT2D eigenvalue weighted by Gasteiger charge is -2.13. The van der Waals surface area contributed by atoms with Gasteiger partial charge in [0.05, 0.1) is 27.6 Å². The Labute approximate surface area is 298 Å². The number of nitrogens with zero attached hydrogens (tertiary/aromatic N) is 4. The van der Waals surface area contributed by atoms with Crippen LogP contribution < -0.4 is 0 Å². The normalized spacial score (nSPS) is 12.2. The topological polar surface area (TPSA) is 35.6 Å². The largest absolute Gasteiger partial charge is 0.309 e. The number of fused-ring (bicyclic) bond motifs is 11. The molecule has 0 fully saturated rings. The van der Waals surface area contributed by atoms with Gasteiger partial charge in [-0.3, -0.25) is 9.55 Å². The van der Waals surface area contributed by atoms with Gasteiger partial charge < -0.3 is 4.57 Å². The summed E-state index contributed by atoms with van der Waals surface area (Å²) in [5.74, 6) is 0.944. The van der Waals surface area contributed by atoms with E-state index in [4.69, 9.17) is 9.97 Å². The molecule has 0 saturated heterocycles. The summed E-state index contributed by atoms with van der Waals surface area (Å²) in [6.07, 6.45) is 3.88. The third kappa shape index (κ3) is 3.65. The summed E-state index contributed by atoms with van der Waals surface area (Å²) in [5, 5.41) is 8.62. The van der Waals surface area contributed by atoms with Crippen molar-refractivity contribution < 1.29 is 0 Å². The van der Waals surface area contributed by atoms with Gasteiger partial charge in [0, 0.05) is 50.6 Å². The number of hydrogen-bond donors (Lipinski definition) is 0. The second kappa shape index (κ2) is 10.3. The second-order valence-electron chi connectivity index (χ2n) is 13.8. The van der Waals surface area contributed by atoms with E-state index in [-0.39, 0.29) is 0 Å². The van der Waals surface area contributed by atoms with E-state index in [1.54, 1.807) is 0 Å². The third-order valence-electron chi connectivity index (χ3n) is 11.1. The molecule has 4 nitrogen and oxygen atoms in total. The third-order valence-corrected chi connectivity index (χ3v) is 11.1. The van der Waals surface area contributed by atoms with E-state index in [9.17, 15) is 0 Å². The minimum absolute atomic E-state index is 0.944. The van der Waals surface area contributed by atoms with E-state index < -0.39 is 0 Å². The Hall–Kier alpha value is -7.04. The molecule has 0 radical (unpaired) electrons. The molecule has 52 heavy (non-hydrogen) atoms. The maximum atomic E-state index is 5.15. The summed E-state index contributed by atoms with van der Waals surface area (Å²) in [4.78, 5) is 9.87. The molecule has 4 aromatic heterocycles. The van der Waals surface area contributed by atoms with Gasteiger partial charge in [-0.1, -0.05) is 91.0 Å². The van der Waals surface area contributed by atoms with Crippen LogP contribution in [0.4, 0.5) is 0 Å². The number of para-hydroxylation sites is 2. The molecule has 0 bridgehead atoms. The molecule has 0 atom stereocenters. The Balaban J connectivity index is 1.13. The van der Waals surface area contributed by atoms with Gasteiger partial charge in [-0.05, 0) is 105 Å². The Kier molecular flexibility index (Phi) is 5.47. The Morgan fingerprint density at radius 2 is 1.08 bits per heavy atom. The van der Waals surface area contributed by atoms with Gasteiger partial charge in [0.15, 0.2) is 0 Å². The fraction of sp³-hybridized carbons (Fsp3) is 0. The van der Waals surface area contributed by atoms with Crippen molar-refractivity contribution in [3.63, 3.8) is 0 Å². The van der Waals surface area contributed by atoms with Gasteiger partial charge in [0.1, 0.15) is 5.82 Å². The molecule has 0 amide bonds. The lowest BCUT2D eigenvalue weighted by Crippen LogP contribution is -2.00. The first-order valence-corrected chi connectivity index (χ1v) is 17.7. The first kappa shape index (κ1) is 27.7. The van der Waals surface area contributed by atoms with Gasteiger partial charge >= 0.3 is 0 Å². The molecule has 0 saturated carbocycles. The highest BCUT2D eigenvalue weighted by Gasteiger charge is 2.27. The van der Waals surface area contributed by atoms with Crippen molar-refractivity contribution in [2.24, 2.45) is 0 Å². The monoisotopic (exact) mass is 660 g/mol. The van der Waals surface area contributed by atoms with Crippen molar-refractivity contribution in [3.8, 4) is 44.9 Å². The van der Waals surface area contributed by atoms with E-state index in [0.29, 0.717) is 0 Å². The van der Waals surface area contributed by atoms with Crippen molar-refractivity contribution in [2.75, 3.05) is 0 Å². The second-order valence-corrected chi connectivity index (χ2v) is 13.8. The Morgan fingerprint density at radius 1 is 0.385 bits per heavy atom. The molecule has 0 N–H and O–H groups in total. The molecule has 0 unspecified atom stereocenters. The van der Waals surface area contributed by atoms with Crippen LogP contribution in [-0.2, 0) is 0 Å². The minimum Gasteiger partial charge on any atom is -0.309 e. The van der Waals surface area contributed by atoms with Crippen LogP contribution in [0, 0.1) is 0 Å². The van der Waals surface area contributed by atoms with Crippen LogP contribution in [0.3, 0.4) is 0 Å². The molecule has 4 heteroatoms. The number of aromatic nitrogens is 4. The fourth-order valence-electron chi connectivity index (χ4n) is 8.96. The van der Waals surface area contributed by atoms with Crippen LogP contribution in [0.25, 0.3) is 110 Å². The molecular weight excluding hydrogens is 633 g/mol. The predicted molar refractivity (Wildman–Crippen MR) is 216 cm³/mol. The lowest BCUT2D eigenvalue weighted by molar-refractivity contribution is 1.09. The zero-order chi connectivity index (χ0) is 33.9. The first-order valence-electron chi connectivity index (χ1n) is 17.7. The first-order chi connectivity index (χ1) is 25.8. The summed E-state index contributed by atoms with van der Waals surface area (Å²) in [7, 11) is 0. The predicted octanol–water partition coefficient (Wildman–Crippen LogP) is 12.3. The van der Waals surface area contributed by atoms with Crippen LogP contribution >= 0.6 is 0 Å². The summed E-state index contributed by atoms with van der Waals surface area (Å²) in [5.41, 5.74) is 14.0. The molecule has 1 aliphatic rings. The summed E-state index contributed by atoms with van der Waals surface area (Å²) >= 11 is 0. The van der Waals surface area contributed by atoms with Crippen molar-refractivity contribution >= 4 is 65.3 Å². The van der Waals surface area contributed by atoms with Gasteiger partial charge in [0.2, 0.25) is 0 Å². The zero-order valence-electron chi connectivity index (χ0n) is 28.0. The molecular formula is C48H28N4. The average Bonchev–Trinajstić information content (AvgIpc) is 3.85. The summed E-state index contributed by atoms with van der Waals surface area (Å²) in [6, 6.07) is 57.2. The van der Waals surface area contributed by atoms with Crippen LogP contribution in [0.1, 0.15) is 0 Å². The van der Waals surface area contributed by atoms with Gasteiger partial charge in [-0.25, -0.2) is 4.98 Å². The van der Waals surface area contributed by atoms with Crippen LogP contribution in [0.2, 0.25) is 0 Å². The molecule has 11 aromatic rings. The van der Waals surface area contributed by atoms with E-state index in [2.05, 4.69) is 167 Å². The molecule has 0 spiro atoms. The maximum absolute atomic E-state index is 5.15. The van der Waals surface area contributed by atoms with Gasteiger partial charge in [-0.2, -0.15) is 0 Å². The highest BCUT2D eigenvalue weighted by atomic mass is 15.1. The number of hydrogen-bond acceptors (Lipinski definition) is 2. The molecule has 0 aliphatic heterocycles. The van der Waals surface area contributed by atoms with E-state index in [0.717, 1.165) is 27.9 Å². The number of rotatable bonds is 3. The standard InChI is InChI=1S/C48H28N4/c1-2-10-32(11-3-1)51-41-16-7-6-13-34(41)38-27-30(18-20-42(38)51)31-19-21-43-39(28-31)46-33-12-5-4-9-29(33)17-22-44(46)52(43)48-47-36(23-26-50-48)35-14-8-15-40-45(35)37(47)24-25-49-40/h1-28H. The molecule has 12 rings (SSSR count). The van der Waals surface area contributed by atoms with Crippen LogP contribution in [0.15, 0.2) is 170 Å². The molecule has 240 valence electrons. The lowest BCUT2D eigenvalue weighted by atomic mass is 9.99. The van der Waals surface area contributed by atoms with Crippen molar-refractivity contribution in [1.82, 2.24) is 19.1 Å². The molecule has 1 aliphatic carbocycles. The van der Waals surface area contributed by atoms with Crippen LogP contribution in [-0.4, -0.2) is 19.1 Å². The molecule has 7 aromatic carbocycles. The van der Waals surface area contributed by atoms with E-state index in [1.165, 1.54) is 82.2 Å². The Bertz CT molecular complexity index is 3290. The van der Waals surface area contributed by atoms with Crippen molar-refractivity contribution in [2.45, 2.75) is 0 Å². The molecule has 4 heterocycles. The van der Waals surface area contributed by atoms with Gasteiger partial charge in [-0.15, -0.1) is 0 Å².